The molecule has 0 saturated carbocycles. The summed E-state index contributed by atoms with van der Waals surface area (Å²) < 4.78 is 0. The second-order valence-corrected chi connectivity index (χ2v) is 4.13. The number of thiazole rings is 1. The third-order valence-electron chi connectivity index (χ3n) is 1.94. The first kappa shape index (κ1) is 8.45. The highest BCUT2D eigenvalue weighted by Crippen LogP contribution is 2.24. The highest BCUT2D eigenvalue weighted by atomic mass is 32.1. The molecular weight excluding hydrogens is 178 g/mol. The van der Waals surface area contributed by atoms with Crippen LogP contribution in [0.5, 0.6) is 0 Å². The van der Waals surface area contributed by atoms with Crippen LogP contribution in [0.15, 0.2) is 29.9 Å². The summed E-state index contributed by atoms with van der Waals surface area (Å²) in [4.78, 5) is 5.32. The maximum absolute atomic E-state index is 4.08. The van der Waals surface area contributed by atoms with E-state index in [1.54, 1.807) is 11.3 Å². The molecule has 0 spiro atoms. The van der Waals surface area contributed by atoms with Gasteiger partial charge in [-0.2, -0.15) is 0 Å². The van der Waals surface area contributed by atoms with E-state index in [4.69, 9.17) is 0 Å². The largest absolute Gasteiger partial charge is 0.252 e. The molecule has 1 aromatic carbocycles. The van der Waals surface area contributed by atoms with Gasteiger partial charge in [-0.05, 0) is 19.4 Å². The van der Waals surface area contributed by atoms with E-state index < -0.39 is 0 Å². The van der Waals surface area contributed by atoms with Crippen LogP contribution in [0.4, 0.5) is 0 Å². The molecule has 0 bridgehead atoms. The highest BCUT2D eigenvalue weighted by molar-refractivity contribution is 7.13. The Balaban J connectivity index is 2.53. The van der Waals surface area contributed by atoms with E-state index in [1.807, 2.05) is 11.7 Å². The lowest BCUT2D eigenvalue weighted by Crippen LogP contribution is -1.79. The fraction of sp³-hybridized carbons (Fsp3) is 0.182. The summed E-state index contributed by atoms with van der Waals surface area (Å²) in [6.07, 6.45) is 1.92. The van der Waals surface area contributed by atoms with Gasteiger partial charge in [-0.15, -0.1) is 11.3 Å². The van der Waals surface area contributed by atoms with Gasteiger partial charge in [0.25, 0.3) is 0 Å². The van der Waals surface area contributed by atoms with Gasteiger partial charge in [-0.1, -0.05) is 29.3 Å². The first-order chi connectivity index (χ1) is 6.25. The Morgan fingerprint density at radius 2 is 1.77 bits per heavy atom. The lowest BCUT2D eigenvalue weighted by Gasteiger charge is -2.01. The molecule has 0 atom stereocenters. The van der Waals surface area contributed by atoms with Crippen molar-refractivity contribution < 1.29 is 0 Å². The van der Waals surface area contributed by atoms with Crippen LogP contribution >= 0.6 is 11.3 Å². The maximum Gasteiger partial charge on any atom is 0.0797 e. The Morgan fingerprint density at radius 1 is 1.08 bits per heavy atom. The van der Waals surface area contributed by atoms with E-state index in [0.717, 1.165) is 0 Å². The molecule has 13 heavy (non-hydrogen) atoms. The molecule has 2 aromatic rings. The Hall–Kier alpha value is -1.15. The van der Waals surface area contributed by atoms with Crippen molar-refractivity contribution in [1.82, 2.24) is 4.98 Å². The monoisotopic (exact) mass is 189 g/mol. The minimum atomic E-state index is 1.24. The predicted octanol–water partition coefficient (Wildman–Crippen LogP) is 3.43. The van der Waals surface area contributed by atoms with Crippen LogP contribution < -0.4 is 0 Å². The van der Waals surface area contributed by atoms with Crippen LogP contribution in [0, 0.1) is 13.8 Å². The molecule has 0 aliphatic carbocycles. The fourth-order valence-corrected chi connectivity index (χ4v) is 2.09. The predicted molar refractivity (Wildman–Crippen MR) is 57.0 cm³/mol. The van der Waals surface area contributed by atoms with Crippen LogP contribution in [0.1, 0.15) is 11.1 Å². The van der Waals surface area contributed by atoms with Crippen molar-refractivity contribution in [2.24, 2.45) is 0 Å². The van der Waals surface area contributed by atoms with Crippen LogP contribution in [-0.2, 0) is 0 Å². The number of rotatable bonds is 1. The average molecular weight is 189 g/mol. The van der Waals surface area contributed by atoms with Crippen molar-refractivity contribution in [3.05, 3.63) is 41.0 Å². The van der Waals surface area contributed by atoms with E-state index in [2.05, 4.69) is 37.0 Å². The van der Waals surface area contributed by atoms with E-state index in [0.29, 0.717) is 0 Å². The number of hydrogen-bond donors (Lipinski definition) is 0. The molecule has 0 unspecified atom stereocenters. The van der Waals surface area contributed by atoms with Crippen molar-refractivity contribution >= 4 is 11.3 Å². The summed E-state index contributed by atoms with van der Waals surface area (Å²) in [5.41, 5.74) is 5.76. The van der Waals surface area contributed by atoms with Crippen LogP contribution in [0.2, 0.25) is 0 Å². The van der Waals surface area contributed by atoms with Gasteiger partial charge in [0, 0.05) is 6.20 Å². The molecule has 1 aromatic heterocycles. The maximum atomic E-state index is 4.08. The number of benzene rings is 1. The van der Waals surface area contributed by atoms with Crippen LogP contribution in [0.3, 0.4) is 0 Å². The van der Waals surface area contributed by atoms with E-state index in [1.165, 1.54) is 21.6 Å². The molecule has 0 N–H and O–H groups in total. The zero-order valence-electron chi connectivity index (χ0n) is 7.74. The van der Waals surface area contributed by atoms with Gasteiger partial charge < -0.3 is 0 Å². The molecule has 0 amide bonds. The van der Waals surface area contributed by atoms with Crippen molar-refractivity contribution in [1.29, 1.82) is 0 Å². The Kier molecular flexibility index (Phi) is 2.15. The lowest BCUT2D eigenvalue weighted by atomic mass is 10.1. The zero-order chi connectivity index (χ0) is 9.26. The summed E-state index contributed by atoms with van der Waals surface area (Å²) in [6.45, 7) is 4.25. The topological polar surface area (TPSA) is 12.9 Å². The van der Waals surface area contributed by atoms with Crippen molar-refractivity contribution in [2.45, 2.75) is 13.8 Å². The number of hydrogen-bond acceptors (Lipinski definition) is 2. The van der Waals surface area contributed by atoms with Gasteiger partial charge in [0.1, 0.15) is 0 Å². The molecule has 1 heterocycles. The molecule has 0 aliphatic heterocycles. The third kappa shape index (κ3) is 1.78. The number of aryl methyl sites for hydroxylation is 2. The summed E-state index contributed by atoms with van der Waals surface area (Å²) in [6, 6.07) is 6.57. The van der Waals surface area contributed by atoms with Gasteiger partial charge in [0.05, 0.1) is 10.4 Å². The average Bonchev–Trinajstić information content (AvgIpc) is 2.53. The molecule has 66 valence electrons. The summed E-state index contributed by atoms with van der Waals surface area (Å²) in [5.74, 6) is 0. The van der Waals surface area contributed by atoms with Crippen LogP contribution in [0.25, 0.3) is 10.4 Å². The first-order valence-electron chi connectivity index (χ1n) is 4.23. The van der Waals surface area contributed by atoms with Gasteiger partial charge in [0.2, 0.25) is 0 Å². The molecular formula is C11H11NS. The Morgan fingerprint density at radius 3 is 2.31 bits per heavy atom. The quantitative estimate of drug-likeness (QED) is 0.669. The van der Waals surface area contributed by atoms with Gasteiger partial charge in [0.15, 0.2) is 0 Å². The minimum Gasteiger partial charge on any atom is -0.252 e. The SMILES string of the molecule is Cc1cc(C)cc(-c2cncs2)c1. The fourth-order valence-electron chi connectivity index (χ4n) is 1.48. The smallest absolute Gasteiger partial charge is 0.0797 e. The van der Waals surface area contributed by atoms with E-state index in [-0.39, 0.29) is 0 Å². The molecule has 2 heteroatoms. The molecule has 0 radical (unpaired) electrons. The van der Waals surface area contributed by atoms with Gasteiger partial charge >= 0.3 is 0 Å². The minimum absolute atomic E-state index is 1.24. The Labute approximate surface area is 82.1 Å². The number of aromatic nitrogens is 1. The molecule has 1 nitrogen and oxygen atoms in total. The lowest BCUT2D eigenvalue weighted by molar-refractivity contribution is 1.38. The van der Waals surface area contributed by atoms with E-state index >= 15 is 0 Å². The van der Waals surface area contributed by atoms with Crippen molar-refractivity contribution in [3.63, 3.8) is 0 Å². The normalized spacial score (nSPS) is 10.3. The molecule has 0 aliphatic rings. The second kappa shape index (κ2) is 3.30. The van der Waals surface area contributed by atoms with Crippen molar-refractivity contribution in [2.75, 3.05) is 0 Å². The third-order valence-corrected chi connectivity index (χ3v) is 2.76. The van der Waals surface area contributed by atoms with Crippen molar-refractivity contribution in [3.8, 4) is 10.4 Å². The highest BCUT2D eigenvalue weighted by Gasteiger charge is 2.00. The second-order valence-electron chi connectivity index (χ2n) is 3.24. The summed E-state index contributed by atoms with van der Waals surface area (Å²) in [7, 11) is 0. The standard InChI is InChI=1S/C11H11NS/c1-8-3-9(2)5-10(4-8)11-6-12-7-13-11/h3-7H,1-2H3. The molecule has 0 fully saturated rings. The van der Waals surface area contributed by atoms with Crippen LogP contribution in [-0.4, -0.2) is 4.98 Å². The number of nitrogens with zero attached hydrogens (tertiary/aromatic N) is 1. The molecule has 2 rings (SSSR count). The first-order valence-corrected chi connectivity index (χ1v) is 5.11. The van der Waals surface area contributed by atoms with Gasteiger partial charge in [-0.25, -0.2) is 0 Å². The zero-order valence-corrected chi connectivity index (χ0v) is 8.56. The summed E-state index contributed by atoms with van der Waals surface area (Å²) >= 11 is 1.68. The summed E-state index contributed by atoms with van der Waals surface area (Å²) in [5, 5.41) is 0. The molecule has 0 saturated heterocycles. The van der Waals surface area contributed by atoms with Gasteiger partial charge in [-0.3, -0.25) is 4.98 Å². The van der Waals surface area contributed by atoms with E-state index in [9.17, 15) is 0 Å². The Bertz CT molecular complexity index is 384.